The van der Waals surface area contributed by atoms with Gasteiger partial charge in [-0.15, -0.1) is 0 Å². The number of benzene rings is 1. The average Bonchev–Trinajstić information content (AvgIpc) is 2.58. The van der Waals surface area contributed by atoms with Crippen molar-refractivity contribution >= 4 is 5.69 Å². The second-order valence-corrected chi connectivity index (χ2v) is 5.32. The van der Waals surface area contributed by atoms with E-state index in [1.165, 1.54) is 12.1 Å². The molecule has 0 bridgehead atoms. The van der Waals surface area contributed by atoms with Gasteiger partial charge in [-0.25, -0.2) is 0 Å². The Morgan fingerprint density at radius 1 is 1.25 bits per heavy atom. The predicted molar refractivity (Wildman–Crippen MR) is 83.2 cm³/mol. The highest BCUT2D eigenvalue weighted by atomic mass is 19.4. The number of nitrogens with one attached hydrogen (secondary N) is 1. The van der Waals surface area contributed by atoms with Crippen molar-refractivity contribution in [2.75, 3.05) is 18.5 Å². The summed E-state index contributed by atoms with van der Waals surface area (Å²) >= 11 is 0. The van der Waals surface area contributed by atoms with E-state index in [1.807, 2.05) is 6.07 Å². The molecule has 1 atom stereocenters. The molecule has 1 heterocycles. The summed E-state index contributed by atoms with van der Waals surface area (Å²) in [7, 11) is 0. The van der Waals surface area contributed by atoms with Crippen LogP contribution in [0.25, 0.3) is 0 Å². The van der Waals surface area contributed by atoms with Crippen LogP contribution >= 0.6 is 0 Å². The SMILES string of the molecule is N#Cc1ccc(NCC(CO)Cc2ccccn2)c(C(F)(F)F)c1. The molecule has 0 aliphatic heterocycles. The Labute approximate surface area is 137 Å². The molecule has 24 heavy (non-hydrogen) atoms. The molecule has 2 rings (SSSR count). The van der Waals surface area contributed by atoms with Crippen LogP contribution in [0.3, 0.4) is 0 Å². The normalized spacial score (nSPS) is 12.5. The standard InChI is InChI=1S/C17H16F3N3O/c18-17(19,20)15-8-12(9-21)4-5-16(15)23-10-13(11-24)7-14-3-1-2-6-22-14/h1-6,8,13,23-24H,7,10-11H2. The van der Waals surface area contributed by atoms with Crippen LogP contribution in [0, 0.1) is 17.2 Å². The number of aromatic nitrogens is 1. The van der Waals surface area contributed by atoms with Gasteiger partial charge in [-0.2, -0.15) is 18.4 Å². The maximum absolute atomic E-state index is 13.1. The molecular formula is C17H16F3N3O. The number of nitriles is 1. The molecular weight excluding hydrogens is 319 g/mol. The van der Waals surface area contributed by atoms with Gasteiger partial charge in [0.2, 0.25) is 0 Å². The van der Waals surface area contributed by atoms with E-state index in [1.54, 1.807) is 24.4 Å². The summed E-state index contributed by atoms with van der Waals surface area (Å²) in [5.74, 6) is -0.281. The average molecular weight is 335 g/mol. The zero-order chi connectivity index (χ0) is 17.6. The fourth-order valence-corrected chi connectivity index (χ4v) is 2.27. The van der Waals surface area contributed by atoms with Crippen molar-refractivity contribution in [3.05, 3.63) is 59.4 Å². The van der Waals surface area contributed by atoms with Gasteiger partial charge in [-0.1, -0.05) is 6.07 Å². The number of nitrogens with zero attached hydrogens (tertiary/aromatic N) is 2. The van der Waals surface area contributed by atoms with Gasteiger partial charge >= 0.3 is 6.18 Å². The summed E-state index contributed by atoms with van der Waals surface area (Å²) in [5.41, 5.74) is -0.300. The first-order valence-electron chi connectivity index (χ1n) is 7.30. The number of aliphatic hydroxyl groups is 1. The Kier molecular flexibility index (Phi) is 5.77. The fourth-order valence-electron chi connectivity index (χ4n) is 2.27. The van der Waals surface area contributed by atoms with Crippen LogP contribution in [0.2, 0.25) is 0 Å². The number of aliphatic hydroxyl groups excluding tert-OH is 1. The van der Waals surface area contributed by atoms with Gasteiger partial charge < -0.3 is 10.4 Å². The fraction of sp³-hybridized carbons (Fsp3) is 0.294. The molecule has 1 unspecified atom stereocenters. The van der Waals surface area contributed by atoms with Crippen LogP contribution in [0.15, 0.2) is 42.6 Å². The highest BCUT2D eigenvalue weighted by Gasteiger charge is 2.34. The molecule has 0 spiro atoms. The van der Waals surface area contributed by atoms with Gasteiger partial charge in [0.15, 0.2) is 0 Å². The lowest BCUT2D eigenvalue weighted by molar-refractivity contribution is -0.137. The zero-order valence-corrected chi connectivity index (χ0v) is 12.7. The van der Waals surface area contributed by atoms with Gasteiger partial charge in [-0.3, -0.25) is 4.98 Å². The number of pyridine rings is 1. The van der Waals surface area contributed by atoms with E-state index in [9.17, 15) is 18.3 Å². The number of alkyl halides is 3. The first kappa shape index (κ1) is 17.8. The van der Waals surface area contributed by atoms with E-state index < -0.39 is 11.7 Å². The Morgan fingerprint density at radius 3 is 2.62 bits per heavy atom. The van der Waals surface area contributed by atoms with E-state index in [0.717, 1.165) is 11.8 Å². The largest absolute Gasteiger partial charge is 0.418 e. The van der Waals surface area contributed by atoms with Crippen molar-refractivity contribution in [3.63, 3.8) is 0 Å². The number of hydrogen-bond donors (Lipinski definition) is 2. The first-order valence-corrected chi connectivity index (χ1v) is 7.30. The smallest absolute Gasteiger partial charge is 0.396 e. The van der Waals surface area contributed by atoms with Crippen LogP contribution < -0.4 is 5.32 Å². The molecule has 0 saturated carbocycles. The number of rotatable bonds is 6. The Bertz CT molecular complexity index is 711. The van der Waals surface area contributed by atoms with Gasteiger partial charge in [-0.05, 0) is 36.8 Å². The molecule has 0 fully saturated rings. The minimum Gasteiger partial charge on any atom is -0.396 e. The van der Waals surface area contributed by atoms with Gasteiger partial charge in [0.25, 0.3) is 0 Å². The molecule has 1 aromatic carbocycles. The molecule has 0 saturated heterocycles. The molecule has 0 amide bonds. The Balaban J connectivity index is 2.11. The summed E-state index contributed by atoms with van der Waals surface area (Å²) in [6.45, 7) is -0.0245. The third-order valence-electron chi connectivity index (χ3n) is 3.52. The molecule has 0 aliphatic rings. The molecule has 0 aliphatic carbocycles. The third-order valence-corrected chi connectivity index (χ3v) is 3.52. The molecule has 2 N–H and O–H groups in total. The van der Waals surface area contributed by atoms with E-state index in [-0.39, 0.29) is 30.3 Å². The van der Waals surface area contributed by atoms with E-state index in [2.05, 4.69) is 10.3 Å². The lowest BCUT2D eigenvalue weighted by Gasteiger charge is -2.19. The molecule has 7 heteroatoms. The monoisotopic (exact) mass is 335 g/mol. The quantitative estimate of drug-likeness (QED) is 0.850. The van der Waals surface area contributed by atoms with Crippen molar-refractivity contribution in [2.45, 2.75) is 12.6 Å². The van der Waals surface area contributed by atoms with Gasteiger partial charge in [0.05, 0.1) is 17.2 Å². The van der Waals surface area contributed by atoms with Crippen molar-refractivity contribution in [3.8, 4) is 6.07 Å². The lowest BCUT2D eigenvalue weighted by Crippen LogP contribution is -2.22. The first-order chi connectivity index (χ1) is 11.4. The van der Waals surface area contributed by atoms with E-state index >= 15 is 0 Å². The highest BCUT2D eigenvalue weighted by molar-refractivity contribution is 5.56. The molecule has 1 aromatic heterocycles. The predicted octanol–water partition coefficient (Wildman–Crippen LogP) is 3.24. The Morgan fingerprint density at radius 2 is 2.04 bits per heavy atom. The van der Waals surface area contributed by atoms with Crippen LogP contribution in [0.1, 0.15) is 16.8 Å². The summed E-state index contributed by atoms with van der Waals surface area (Å²) in [6, 6.07) is 10.4. The van der Waals surface area contributed by atoms with E-state index in [4.69, 9.17) is 5.26 Å². The minimum atomic E-state index is -4.56. The maximum Gasteiger partial charge on any atom is 0.418 e. The third kappa shape index (κ3) is 4.70. The van der Waals surface area contributed by atoms with Crippen molar-refractivity contribution in [1.82, 2.24) is 4.98 Å². The summed E-state index contributed by atoms with van der Waals surface area (Å²) in [4.78, 5) is 4.15. The Hall–Kier alpha value is -2.59. The highest BCUT2D eigenvalue weighted by Crippen LogP contribution is 2.35. The maximum atomic E-state index is 13.1. The number of halogens is 3. The minimum absolute atomic E-state index is 0.0555. The lowest BCUT2D eigenvalue weighted by atomic mass is 10.0. The summed E-state index contributed by atoms with van der Waals surface area (Å²) < 4.78 is 39.3. The van der Waals surface area contributed by atoms with Gasteiger partial charge in [0, 0.05) is 36.6 Å². The molecule has 2 aromatic rings. The van der Waals surface area contributed by atoms with Crippen LogP contribution in [0.4, 0.5) is 18.9 Å². The molecule has 126 valence electrons. The molecule has 0 radical (unpaired) electrons. The van der Waals surface area contributed by atoms with Crippen molar-refractivity contribution in [1.29, 1.82) is 5.26 Å². The summed E-state index contributed by atoms with van der Waals surface area (Å²) in [6.07, 6.45) is -2.49. The number of hydrogen-bond acceptors (Lipinski definition) is 4. The van der Waals surface area contributed by atoms with Crippen LogP contribution in [-0.4, -0.2) is 23.2 Å². The topological polar surface area (TPSA) is 68.9 Å². The van der Waals surface area contributed by atoms with Gasteiger partial charge in [0.1, 0.15) is 0 Å². The molecule has 4 nitrogen and oxygen atoms in total. The summed E-state index contributed by atoms with van der Waals surface area (Å²) in [5, 5.41) is 20.9. The number of anilines is 1. The van der Waals surface area contributed by atoms with Crippen molar-refractivity contribution < 1.29 is 18.3 Å². The second-order valence-electron chi connectivity index (χ2n) is 5.32. The van der Waals surface area contributed by atoms with Crippen molar-refractivity contribution in [2.24, 2.45) is 5.92 Å². The van der Waals surface area contributed by atoms with E-state index in [0.29, 0.717) is 6.42 Å². The van der Waals surface area contributed by atoms with Crippen LogP contribution in [0.5, 0.6) is 0 Å². The zero-order valence-electron chi connectivity index (χ0n) is 12.7. The van der Waals surface area contributed by atoms with Crippen LogP contribution in [-0.2, 0) is 12.6 Å². The second kappa shape index (κ2) is 7.79.